The maximum Gasteiger partial charge on any atom is 0.163 e. The molecule has 5 nitrogen and oxygen atoms in total. The smallest absolute Gasteiger partial charge is 0.163 e. The maximum atomic E-state index is 11.7. The Morgan fingerprint density at radius 2 is 1.91 bits per heavy atom. The van der Waals surface area contributed by atoms with E-state index in [-0.39, 0.29) is 23.7 Å². The van der Waals surface area contributed by atoms with Crippen molar-refractivity contribution in [3.05, 3.63) is 60.1 Å². The van der Waals surface area contributed by atoms with E-state index in [1.165, 1.54) is 43.7 Å². The molecule has 1 heterocycles. The third-order valence-electron chi connectivity index (χ3n) is 2.99. The number of rotatable bonds is 7. The number of hydrogen-bond acceptors (Lipinski definition) is 5. The van der Waals surface area contributed by atoms with Crippen molar-refractivity contribution >= 4 is 23.7 Å². The van der Waals surface area contributed by atoms with Crippen molar-refractivity contribution in [3.63, 3.8) is 0 Å². The highest BCUT2D eigenvalue weighted by Crippen LogP contribution is 2.26. The van der Waals surface area contributed by atoms with Gasteiger partial charge in [0.25, 0.3) is 0 Å². The van der Waals surface area contributed by atoms with Crippen molar-refractivity contribution in [3.8, 4) is 11.5 Å². The number of benzene rings is 1. The molecule has 0 saturated heterocycles. The molecule has 0 saturated carbocycles. The summed E-state index contributed by atoms with van der Waals surface area (Å²) in [5, 5.41) is 9.65. The number of carbonyl (C=O) groups excluding carboxylic acids is 2. The molecule has 1 aromatic carbocycles. The molecule has 0 bridgehead atoms. The predicted octanol–water partition coefficient (Wildman–Crippen LogP) is 3.25. The number of ketones is 2. The summed E-state index contributed by atoms with van der Waals surface area (Å²) in [7, 11) is 1.45. The first-order valence-corrected chi connectivity index (χ1v) is 6.91. The van der Waals surface area contributed by atoms with Gasteiger partial charge in [0.15, 0.2) is 23.1 Å². The zero-order valence-electron chi connectivity index (χ0n) is 12.6. The van der Waals surface area contributed by atoms with Crippen LogP contribution in [-0.4, -0.2) is 23.8 Å². The number of aromatic hydroxyl groups is 1. The first-order valence-electron chi connectivity index (χ1n) is 6.91. The van der Waals surface area contributed by atoms with Gasteiger partial charge in [-0.15, -0.1) is 0 Å². The number of furan rings is 1. The van der Waals surface area contributed by atoms with E-state index < -0.39 is 0 Å². The van der Waals surface area contributed by atoms with Crippen LogP contribution in [0.1, 0.15) is 17.7 Å². The molecule has 0 atom stereocenters. The van der Waals surface area contributed by atoms with Crippen LogP contribution in [0.15, 0.2) is 53.2 Å². The van der Waals surface area contributed by atoms with Gasteiger partial charge in [-0.1, -0.05) is 12.1 Å². The number of ether oxygens (including phenoxy) is 1. The fraction of sp³-hybridized carbons (Fsp3) is 0.111. The molecule has 0 spiro atoms. The molecule has 5 heteroatoms. The monoisotopic (exact) mass is 312 g/mol. The van der Waals surface area contributed by atoms with Gasteiger partial charge < -0.3 is 14.3 Å². The molecule has 1 aromatic heterocycles. The minimum Gasteiger partial charge on any atom is -0.504 e. The molecule has 1 N–H and O–H groups in total. The summed E-state index contributed by atoms with van der Waals surface area (Å²) in [4.78, 5) is 23.4. The molecule has 0 aliphatic heterocycles. The largest absolute Gasteiger partial charge is 0.504 e. The van der Waals surface area contributed by atoms with Gasteiger partial charge in [0.2, 0.25) is 0 Å². The molecule has 2 aromatic rings. The lowest BCUT2D eigenvalue weighted by molar-refractivity contribution is -0.121. The van der Waals surface area contributed by atoms with E-state index >= 15 is 0 Å². The van der Waals surface area contributed by atoms with Crippen molar-refractivity contribution < 1.29 is 23.8 Å². The molecule has 2 rings (SSSR count). The fourth-order valence-corrected chi connectivity index (χ4v) is 1.85. The van der Waals surface area contributed by atoms with Crippen LogP contribution in [-0.2, 0) is 9.59 Å². The van der Waals surface area contributed by atoms with Gasteiger partial charge in [-0.05, 0) is 48.1 Å². The van der Waals surface area contributed by atoms with E-state index in [0.717, 1.165) is 0 Å². The molecule has 0 radical (unpaired) electrons. The van der Waals surface area contributed by atoms with Gasteiger partial charge in [-0.3, -0.25) is 9.59 Å². The fourth-order valence-electron chi connectivity index (χ4n) is 1.85. The second-order valence-electron chi connectivity index (χ2n) is 4.72. The van der Waals surface area contributed by atoms with E-state index in [9.17, 15) is 14.7 Å². The van der Waals surface area contributed by atoms with Crippen LogP contribution in [0.25, 0.3) is 12.2 Å². The standard InChI is InChI=1S/C18H16O5/c1-22-18-9-5-13(11-17(18)21)4-6-14(19)12-15(20)7-8-16-3-2-10-23-16/h2-11,21H,12H2,1H3. The zero-order chi connectivity index (χ0) is 16.7. The average molecular weight is 312 g/mol. The lowest BCUT2D eigenvalue weighted by Crippen LogP contribution is -2.01. The maximum absolute atomic E-state index is 11.7. The summed E-state index contributed by atoms with van der Waals surface area (Å²) in [6, 6.07) is 8.18. The van der Waals surface area contributed by atoms with Crippen LogP contribution in [0, 0.1) is 0 Å². The Labute approximate surface area is 133 Å². The Hall–Kier alpha value is -3.08. The van der Waals surface area contributed by atoms with Crippen LogP contribution in [0.2, 0.25) is 0 Å². The van der Waals surface area contributed by atoms with Gasteiger partial charge in [0, 0.05) is 0 Å². The number of allylic oxidation sites excluding steroid dienone is 2. The number of methoxy groups -OCH3 is 1. The average Bonchev–Trinajstić information content (AvgIpc) is 3.04. The highest BCUT2D eigenvalue weighted by atomic mass is 16.5. The van der Waals surface area contributed by atoms with Crippen LogP contribution < -0.4 is 4.74 Å². The second-order valence-corrected chi connectivity index (χ2v) is 4.72. The van der Waals surface area contributed by atoms with Gasteiger partial charge in [0.05, 0.1) is 19.8 Å². The quantitative estimate of drug-likeness (QED) is 0.627. The molecule has 118 valence electrons. The van der Waals surface area contributed by atoms with E-state index in [0.29, 0.717) is 17.1 Å². The molecule has 0 amide bonds. The third kappa shape index (κ3) is 5.00. The van der Waals surface area contributed by atoms with Crippen LogP contribution >= 0.6 is 0 Å². The van der Waals surface area contributed by atoms with E-state index in [2.05, 4.69) is 0 Å². The Bertz CT molecular complexity index is 739. The highest BCUT2D eigenvalue weighted by Gasteiger charge is 2.05. The summed E-state index contributed by atoms with van der Waals surface area (Å²) in [6.45, 7) is 0. The summed E-state index contributed by atoms with van der Waals surface area (Å²) >= 11 is 0. The van der Waals surface area contributed by atoms with Crippen molar-refractivity contribution in [2.24, 2.45) is 0 Å². The molecule has 0 unspecified atom stereocenters. The minimum atomic E-state index is -0.325. The van der Waals surface area contributed by atoms with Crippen molar-refractivity contribution in [1.82, 2.24) is 0 Å². The highest BCUT2D eigenvalue weighted by molar-refractivity contribution is 6.10. The summed E-state index contributed by atoms with van der Waals surface area (Å²) < 4.78 is 9.99. The summed E-state index contributed by atoms with van der Waals surface area (Å²) in [6.07, 6.45) is 6.94. The molecular formula is C18H16O5. The summed E-state index contributed by atoms with van der Waals surface area (Å²) in [5.74, 6) is 0.254. The lowest BCUT2D eigenvalue weighted by atomic mass is 10.1. The van der Waals surface area contributed by atoms with E-state index in [4.69, 9.17) is 9.15 Å². The van der Waals surface area contributed by atoms with Gasteiger partial charge in [-0.2, -0.15) is 0 Å². The Morgan fingerprint density at radius 3 is 2.52 bits per heavy atom. The van der Waals surface area contributed by atoms with Gasteiger partial charge in [-0.25, -0.2) is 0 Å². The van der Waals surface area contributed by atoms with E-state index in [1.807, 2.05) is 0 Å². The summed E-state index contributed by atoms with van der Waals surface area (Å²) in [5.41, 5.74) is 0.634. The van der Waals surface area contributed by atoms with Crippen molar-refractivity contribution in [2.75, 3.05) is 7.11 Å². The zero-order valence-corrected chi connectivity index (χ0v) is 12.6. The molecular weight excluding hydrogens is 296 g/mol. The Balaban J connectivity index is 1.91. The Kier molecular flexibility index (Phi) is 5.52. The topological polar surface area (TPSA) is 76.7 Å². The molecule has 0 aliphatic carbocycles. The van der Waals surface area contributed by atoms with Crippen LogP contribution in [0.4, 0.5) is 0 Å². The van der Waals surface area contributed by atoms with Crippen molar-refractivity contribution in [1.29, 1.82) is 0 Å². The first-order chi connectivity index (χ1) is 11.1. The normalized spacial score (nSPS) is 11.2. The van der Waals surface area contributed by atoms with Gasteiger partial charge >= 0.3 is 0 Å². The second kappa shape index (κ2) is 7.79. The van der Waals surface area contributed by atoms with Crippen molar-refractivity contribution in [2.45, 2.75) is 6.42 Å². The lowest BCUT2D eigenvalue weighted by Gasteiger charge is -2.03. The van der Waals surface area contributed by atoms with Crippen LogP contribution in [0.5, 0.6) is 11.5 Å². The predicted molar refractivity (Wildman–Crippen MR) is 86.1 cm³/mol. The number of hydrogen-bond donors (Lipinski definition) is 1. The van der Waals surface area contributed by atoms with E-state index in [1.54, 1.807) is 24.3 Å². The van der Waals surface area contributed by atoms with Crippen LogP contribution in [0.3, 0.4) is 0 Å². The number of phenols is 1. The SMILES string of the molecule is COc1ccc(C=CC(=O)CC(=O)C=Cc2ccco2)cc1O. The Morgan fingerprint density at radius 1 is 1.17 bits per heavy atom. The third-order valence-corrected chi connectivity index (χ3v) is 2.99. The molecule has 23 heavy (non-hydrogen) atoms. The number of carbonyl (C=O) groups is 2. The minimum absolute atomic E-state index is 0.0143. The molecule has 0 aliphatic rings. The van der Waals surface area contributed by atoms with Gasteiger partial charge in [0.1, 0.15) is 5.76 Å². The number of phenolic OH excluding ortho intramolecular Hbond substituents is 1. The molecule has 0 fully saturated rings. The first kappa shape index (κ1) is 16.3.